The van der Waals surface area contributed by atoms with Crippen LogP contribution < -0.4 is 10.6 Å². The zero-order valence-electron chi connectivity index (χ0n) is 13.8. The molecule has 3 aromatic carbocycles. The lowest BCUT2D eigenvalue weighted by Gasteiger charge is -2.09. The van der Waals surface area contributed by atoms with Crippen molar-refractivity contribution in [1.82, 2.24) is 0 Å². The summed E-state index contributed by atoms with van der Waals surface area (Å²) in [7, 11) is 0. The van der Waals surface area contributed by atoms with Gasteiger partial charge in [0.05, 0.1) is 0 Å². The topological polar surface area (TPSA) is 58.2 Å². The van der Waals surface area contributed by atoms with Gasteiger partial charge in [-0.1, -0.05) is 12.1 Å². The Balaban J connectivity index is 1.73. The highest BCUT2D eigenvalue weighted by Crippen LogP contribution is 2.16. The van der Waals surface area contributed by atoms with Crippen molar-refractivity contribution in [2.75, 3.05) is 10.6 Å². The molecular formula is C20H13F3N2O2. The molecule has 0 aromatic heterocycles. The molecule has 0 unspecified atom stereocenters. The summed E-state index contributed by atoms with van der Waals surface area (Å²) in [5.74, 6) is -3.82. The molecule has 0 aliphatic carbocycles. The second-order valence-corrected chi connectivity index (χ2v) is 5.63. The van der Waals surface area contributed by atoms with E-state index < -0.39 is 29.3 Å². The van der Waals surface area contributed by atoms with Crippen LogP contribution >= 0.6 is 0 Å². The average molecular weight is 370 g/mol. The molecule has 3 aromatic rings. The van der Waals surface area contributed by atoms with Gasteiger partial charge in [-0.25, -0.2) is 13.2 Å². The fourth-order valence-corrected chi connectivity index (χ4v) is 2.35. The number of carbonyl (C=O) groups excluding carboxylic acids is 2. The monoisotopic (exact) mass is 370 g/mol. The molecule has 136 valence electrons. The molecule has 0 aliphatic heterocycles. The summed E-state index contributed by atoms with van der Waals surface area (Å²) < 4.78 is 39.4. The number of anilines is 2. The fraction of sp³-hybridized carbons (Fsp3) is 0. The first-order chi connectivity index (χ1) is 12.9. The third-order valence-electron chi connectivity index (χ3n) is 3.65. The van der Waals surface area contributed by atoms with E-state index in [1.165, 1.54) is 42.5 Å². The van der Waals surface area contributed by atoms with Crippen LogP contribution in [-0.2, 0) is 0 Å². The van der Waals surface area contributed by atoms with Crippen LogP contribution in [0.1, 0.15) is 20.7 Å². The Morgan fingerprint density at radius 1 is 0.630 bits per heavy atom. The Morgan fingerprint density at radius 3 is 1.85 bits per heavy atom. The highest BCUT2D eigenvalue weighted by molar-refractivity contribution is 6.07. The summed E-state index contributed by atoms with van der Waals surface area (Å²) in [4.78, 5) is 24.4. The Bertz CT molecular complexity index is 1020. The molecule has 0 bridgehead atoms. The summed E-state index contributed by atoms with van der Waals surface area (Å²) in [6, 6.07) is 14.2. The standard InChI is InChI=1S/C20H13F3N2O2/c21-14-4-2-6-16(11-14)25-19(26)12-3-1-5-15(9-12)24-20(27)13-7-8-17(22)18(23)10-13/h1-11H,(H,24,27)(H,25,26). The molecule has 2 amide bonds. The maximum Gasteiger partial charge on any atom is 0.255 e. The molecular weight excluding hydrogens is 357 g/mol. The third-order valence-corrected chi connectivity index (χ3v) is 3.65. The van der Waals surface area contributed by atoms with Crippen molar-refractivity contribution < 1.29 is 22.8 Å². The normalized spacial score (nSPS) is 10.3. The van der Waals surface area contributed by atoms with Gasteiger partial charge in [-0.05, 0) is 54.6 Å². The second-order valence-electron chi connectivity index (χ2n) is 5.63. The van der Waals surface area contributed by atoms with Gasteiger partial charge < -0.3 is 10.6 Å². The fourth-order valence-electron chi connectivity index (χ4n) is 2.35. The van der Waals surface area contributed by atoms with E-state index in [0.29, 0.717) is 0 Å². The minimum absolute atomic E-state index is 0.0662. The van der Waals surface area contributed by atoms with Crippen LogP contribution in [0.4, 0.5) is 24.5 Å². The van der Waals surface area contributed by atoms with E-state index in [1.807, 2.05) is 0 Å². The second kappa shape index (κ2) is 7.74. The van der Waals surface area contributed by atoms with E-state index in [-0.39, 0.29) is 22.5 Å². The van der Waals surface area contributed by atoms with Crippen molar-refractivity contribution in [3.63, 3.8) is 0 Å². The first-order valence-corrected chi connectivity index (χ1v) is 7.86. The van der Waals surface area contributed by atoms with Crippen LogP contribution in [0.3, 0.4) is 0 Å². The van der Waals surface area contributed by atoms with Gasteiger partial charge in [0, 0.05) is 22.5 Å². The molecule has 0 fully saturated rings. The number of hydrogen-bond acceptors (Lipinski definition) is 2. The van der Waals surface area contributed by atoms with Crippen molar-refractivity contribution in [2.45, 2.75) is 0 Å². The quantitative estimate of drug-likeness (QED) is 0.705. The lowest BCUT2D eigenvalue weighted by Crippen LogP contribution is -2.15. The highest BCUT2D eigenvalue weighted by atomic mass is 19.2. The van der Waals surface area contributed by atoms with Gasteiger partial charge in [-0.15, -0.1) is 0 Å². The number of benzene rings is 3. The Morgan fingerprint density at radius 2 is 1.22 bits per heavy atom. The molecule has 0 saturated heterocycles. The van der Waals surface area contributed by atoms with Crippen LogP contribution in [0.2, 0.25) is 0 Å². The smallest absolute Gasteiger partial charge is 0.255 e. The minimum atomic E-state index is -1.13. The predicted molar refractivity (Wildman–Crippen MR) is 95.1 cm³/mol. The van der Waals surface area contributed by atoms with Crippen LogP contribution in [0.15, 0.2) is 66.7 Å². The van der Waals surface area contributed by atoms with Crippen molar-refractivity contribution in [3.8, 4) is 0 Å². The highest BCUT2D eigenvalue weighted by Gasteiger charge is 2.12. The Hall–Kier alpha value is -3.61. The minimum Gasteiger partial charge on any atom is -0.322 e. The van der Waals surface area contributed by atoms with Crippen LogP contribution in [-0.4, -0.2) is 11.8 Å². The number of carbonyl (C=O) groups is 2. The first kappa shape index (κ1) is 18.2. The van der Waals surface area contributed by atoms with Gasteiger partial charge in [0.25, 0.3) is 11.8 Å². The van der Waals surface area contributed by atoms with Gasteiger partial charge in [0.2, 0.25) is 0 Å². The molecule has 3 rings (SSSR count). The summed E-state index contributed by atoms with van der Waals surface area (Å²) in [5.41, 5.74) is 0.735. The number of nitrogens with one attached hydrogen (secondary N) is 2. The van der Waals surface area contributed by atoms with Crippen LogP contribution in [0.25, 0.3) is 0 Å². The van der Waals surface area contributed by atoms with Crippen LogP contribution in [0.5, 0.6) is 0 Å². The zero-order chi connectivity index (χ0) is 19.4. The van der Waals surface area contributed by atoms with Crippen molar-refractivity contribution in [2.24, 2.45) is 0 Å². The van der Waals surface area contributed by atoms with Crippen molar-refractivity contribution >= 4 is 23.2 Å². The van der Waals surface area contributed by atoms with E-state index >= 15 is 0 Å². The van der Waals surface area contributed by atoms with Gasteiger partial charge in [-0.3, -0.25) is 9.59 Å². The molecule has 0 atom stereocenters. The van der Waals surface area contributed by atoms with Crippen molar-refractivity contribution in [3.05, 3.63) is 95.3 Å². The Kier molecular flexibility index (Phi) is 5.21. The largest absolute Gasteiger partial charge is 0.322 e. The number of hydrogen-bond donors (Lipinski definition) is 2. The van der Waals surface area contributed by atoms with Crippen LogP contribution in [0, 0.1) is 17.5 Å². The van der Waals surface area contributed by atoms with Gasteiger partial charge >= 0.3 is 0 Å². The summed E-state index contributed by atoms with van der Waals surface area (Å²) >= 11 is 0. The van der Waals surface area contributed by atoms with E-state index in [2.05, 4.69) is 10.6 Å². The third kappa shape index (κ3) is 4.52. The SMILES string of the molecule is O=C(Nc1cccc(F)c1)c1cccc(NC(=O)c2ccc(F)c(F)c2)c1. The number of halogens is 3. The van der Waals surface area contributed by atoms with E-state index in [0.717, 1.165) is 18.2 Å². The maximum atomic E-state index is 13.2. The molecule has 0 radical (unpaired) electrons. The molecule has 27 heavy (non-hydrogen) atoms. The van der Waals surface area contributed by atoms with E-state index in [1.54, 1.807) is 6.07 Å². The molecule has 4 nitrogen and oxygen atoms in total. The molecule has 0 saturated carbocycles. The molecule has 2 N–H and O–H groups in total. The Labute approximate surface area is 152 Å². The summed E-state index contributed by atoms with van der Waals surface area (Å²) in [6.07, 6.45) is 0. The zero-order valence-corrected chi connectivity index (χ0v) is 13.8. The maximum absolute atomic E-state index is 13.2. The van der Waals surface area contributed by atoms with E-state index in [9.17, 15) is 22.8 Å². The van der Waals surface area contributed by atoms with Gasteiger partial charge in [-0.2, -0.15) is 0 Å². The molecule has 0 aliphatic rings. The van der Waals surface area contributed by atoms with Gasteiger partial charge in [0.15, 0.2) is 11.6 Å². The predicted octanol–water partition coefficient (Wildman–Crippen LogP) is 4.61. The summed E-state index contributed by atoms with van der Waals surface area (Å²) in [6.45, 7) is 0. The number of rotatable bonds is 4. The average Bonchev–Trinajstić information content (AvgIpc) is 2.64. The number of amides is 2. The summed E-state index contributed by atoms with van der Waals surface area (Å²) in [5, 5.41) is 5.05. The molecule has 0 spiro atoms. The molecule has 7 heteroatoms. The first-order valence-electron chi connectivity index (χ1n) is 7.86. The molecule has 0 heterocycles. The van der Waals surface area contributed by atoms with E-state index in [4.69, 9.17) is 0 Å². The lowest BCUT2D eigenvalue weighted by molar-refractivity contribution is 0.101. The van der Waals surface area contributed by atoms with Crippen molar-refractivity contribution in [1.29, 1.82) is 0 Å². The lowest BCUT2D eigenvalue weighted by atomic mass is 10.1. The van der Waals surface area contributed by atoms with Gasteiger partial charge in [0.1, 0.15) is 5.82 Å².